The summed E-state index contributed by atoms with van der Waals surface area (Å²) < 4.78 is 8.14. The lowest BCUT2D eigenvalue weighted by atomic mass is 10.2. The number of benzene rings is 2. The standard InChI is InChI=1S/C27H25BrN4O5S/c1-17-13-20(14-25-26(33)30(27(34)38-25)16-19-5-3-4-6-22(19)28)18(2)31(17)21-7-8-23(24(15-21)32(35)36)29-9-11-37-12-10-29/h3-8,13-15H,9-12,16H2,1-2H3/b25-14-. The van der Waals surface area contributed by atoms with E-state index >= 15 is 0 Å². The average molecular weight is 597 g/mol. The van der Waals surface area contributed by atoms with Gasteiger partial charge < -0.3 is 14.2 Å². The van der Waals surface area contributed by atoms with E-state index in [1.165, 1.54) is 4.90 Å². The Hall–Kier alpha value is -3.41. The van der Waals surface area contributed by atoms with Gasteiger partial charge in [-0.1, -0.05) is 34.1 Å². The number of hydrogen-bond donors (Lipinski definition) is 0. The maximum atomic E-state index is 13.1. The highest BCUT2D eigenvalue weighted by Crippen LogP contribution is 2.36. The Labute approximate surface area is 232 Å². The molecule has 3 heterocycles. The summed E-state index contributed by atoms with van der Waals surface area (Å²) >= 11 is 4.39. The van der Waals surface area contributed by atoms with E-state index < -0.39 is 0 Å². The predicted octanol–water partition coefficient (Wildman–Crippen LogP) is 5.84. The van der Waals surface area contributed by atoms with Crippen LogP contribution in [-0.2, 0) is 16.1 Å². The van der Waals surface area contributed by atoms with E-state index in [0.29, 0.717) is 42.6 Å². The van der Waals surface area contributed by atoms with Crippen LogP contribution >= 0.6 is 27.7 Å². The van der Waals surface area contributed by atoms with Crippen molar-refractivity contribution < 1.29 is 19.2 Å². The fourth-order valence-electron chi connectivity index (χ4n) is 4.77. The number of ether oxygens (including phenoxy) is 1. The molecule has 2 aliphatic rings. The molecule has 2 amide bonds. The number of hydrogen-bond acceptors (Lipinski definition) is 7. The number of carbonyl (C=O) groups excluding carboxylic acids is 2. The molecule has 38 heavy (non-hydrogen) atoms. The van der Waals surface area contributed by atoms with Gasteiger partial charge in [0.05, 0.1) is 35.3 Å². The van der Waals surface area contributed by atoms with Gasteiger partial charge >= 0.3 is 0 Å². The highest BCUT2D eigenvalue weighted by molar-refractivity contribution is 9.10. The van der Waals surface area contributed by atoms with E-state index in [-0.39, 0.29) is 28.3 Å². The van der Waals surface area contributed by atoms with Crippen molar-refractivity contribution in [2.24, 2.45) is 0 Å². The number of aryl methyl sites for hydroxylation is 1. The van der Waals surface area contributed by atoms with Crippen LogP contribution in [0.4, 0.5) is 16.2 Å². The Bertz CT molecular complexity index is 1480. The molecule has 0 saturated carbocycles. The number of imide groups is 1. The SMILES string of the molecule is Cc1cc(/C=C2\SC(=O)N(Cc3ccccc3Br)C2=O)c(C)n1-c1ccc(N2CCOCC2)c([N+](=O)[O-])c1. The molecule has 11 heteroatoms. The minimum absolute atomic E-state index is 0.0339. The van der Waals surface area contributed by atoms with Crippen LogP contribution in [0.3, 0.4) is 0 Å². The highest BCUT2D eigenvalue weighted by atomic mass is 79.9. The molecule has 0 unspecified atom stereocenters. The number of thioether (sulfide) groups is 1. The Morgan fingerprint density at radius 1 is 1.11 bits per heavy atom. The van der Waals surface area contributed by atoms with E-state index in [0.717, 1.165) is 38.7 Å². The minimum Gasteiger partial charge on any atom is -0.378 e. The van der Waals surface area contributed by atoms with Gasteiger partial charge in [0.25, 0.3) is 16.8 Å². The van der Waals surface area contributed by atoms with Gasteiger partial charge in [0, 0.05) is 35.0 Å². The lowest BCUT2D eigenvalue weighted by Gasteiger charge is -2.28. The van der Waals surface area contributed by atoms with Gasteiger partial charge in [-0.3, -0.25) is 24.6 Å². The van der Waals surface area contributed by atoms with Crippen molar-refractivity contribution in [3.63, 3.8) is 0 Å². The normalized spacial score (nSPS) is 17.1. The Morgan fingerprint density at radius 3 is 2.55 bits per heavy atom. The third-order valence-electron chi connectivity index (χ3n) is 6.68. The zero-order valence-corrected chi connectivity index (χ0v) is 23.3. The number of nitrogens with zero attached hydrogens (tertiary/aromatic N) is 4. The first-order valence-electron chi connectivity index (χ1n) is 12.0. The van der Waals surface area contributed by atoms with Crippen LogP contribution in [0.25, 0.3) is 11.8 Å². The van der Waals surface area contributed by atoms with Crippen LogP contribution in [0.5, 0.6) is 0 Å². The second-order valence-electron chi connectivity index (χ2n) is 9.05. The number of carbonyl (C=O) groups is 2. The van der Waals surface area contributed by atoms with E-state index in [9.17, 15) is 19.7 Å². The molecule has 0 bridgehead atoms. The third kappa shape index (κ3) is 5.01. The van der Waals surface area contributed by atoms with Crippen molar-refractivity contribution in [2.75, 3.05) is 31.2 Å². The summed E-state index contributed by atoms with van der Waals surface area (Å²) in [6.07, 6.45) is 1.72. The summed E-state index contributed by atoms with van der Waals surface area (Å²) in [5.41, 5.74) is 4.55. The molecule has 0 atom stereocenters. The van der Waals surface area contributed by atoms with Crippen LogP contribution in [0.2, 0.25) is 0 Å². The van der Waals surface area contributed by atoms with E-state index in [1.807, 2.05) is 59.7 Å². The smallest absolute Gasteiger partial charge is 0.294 e. The first kappa shape index (κ1) is 26.2. The van der Waals surface area contributed by atoms with Crippen molar-refractivity contribution in [2.45, 2.75) is 20.4 Å². The minimum atomic E-state index is -0.357. The van der Waals surface area contributed by atoms with Gasteiger partial charge in [-0.05, 0) is 67.1 Å². The molecule has 2 fully saturated rings. The molecule has 0 spiro atoms. The molecule has 5 rings (SSSR count). The van der Waals surface area contributed by atoms with Gasteiger partial charge in [0.15, 0.2) is 0 Å². The molecular formula is C27H25BrN4O5S. The van der Waals surface area contributed by atoms with Crippen molar-refractivity contribution >= 4 is 56.3 Å². The van der Waals surface area contributed by atoms with Crippen LogP contribution in [0.1, 0.15) is 22.5 Å². The van der Waals surface area contributed by atoms with Gasteiger partial charge in [-0.15, -0.1) is 0 Å². The van der Waals surface area contributed by atoms with E-state index in [1.54, 1.807) is 18.2 Å². The monoisotopic (exact) mass is 596 g/mol. The number of halogens is 1. The third-order valence-corrected chi connectivity index (χ3v) is 8.36. The summed E-state index contributed by atoms with van der Waals surface area (Å²) in [4.78, 5) is 40.9. The number of nitro benzene ring substituents is 1. The number of amides is 2. The number of rotatable bonds is 6. The summed E-state index contributed by atoms with van der Waals surface area (Å²) in [6.45, 7) is 6.25. The van der Waals surface area contributed by atoms with Crippen molar-refractivity contribution in [1.82, 2.24) is 9.47 Å². The van der Waals surface area contributed by atoms with Gasteiger partial charge in [0.2, 0.25) is 0 Å². The Morgan fingerprint density at radius 2 is 1.84 bits per heavy atom. The van der Waals surface area contributed by atoms with Gasteiger partial charge in [-0.25, -0.2) is 0 Å². The van der Waals surface area contributed by atoms with Crippen LogP contribution in [0.15, 0.2) is 57.9 Å². The molecule has 3 aromatic rings. The molecule has 0 aliphatic carbocycles. The average Bonchev–Trinajstić information content (AvgIpc) is 3.34. The molecule has 0 N–H and O–H groups in total. The second kappa shape index (κ2) is 10.8. The van der Waals surface area contributed by atoms with Crippen LogP contribution < -0.4 is 4.90 Å². The lowest BCUT2D eigenvalue weighted by molar-refractivity contribution is -0.384. The summed E-state index contributed by atoms with van der Waals surface area (Å²) in [5, 5.41) is 11.6. The van der Waals surface area contributed by atoms with Crippen molar-refractivity contribution in [1.29, 1.82) is 0 Å². The predicted molar refractivity (Wildman–Crippen MR) is 151 cm³/mol. The maximum Gasteiger partial charge on any atom is 0.294 e. The van der Waals surface area contributed by atoms with Crippen LogP contribution in [0, 0.1) is 24.0 Å². The van der Waals surface area contributed by atoms with Crippen molar-refractivity contribution in [3.05, 3.63) is 90.5 Å². The summed E-state index contributed by atoms with van der Waals surface area (Å²) in [6, 6.07) is 14.6. The zero-order chi connectivity index (χ0) is 27.0. The topological polar surface area (TPSA) is 97.9 Å². The molecule has 196 valence electrons. The molecule has 2 saturated heterocycles. The molecule has 2 aromatic carbocycles. The molecule has 9 nitrogen and oxygen atoms in total. The first-order chi connectivity index (χ1) is 18.2. The summed E-state index contributed by atoms with van der Waals surface area (Å²) in [7, 11) is 0. The highest BCUT2D eigenvalue weighted by Gasteiger charge is 2.35. The molecule has 2 aliphatic heterocycles. The lowest BCUT2D eigenvalue weighted by Crippen LogP contribution is -2.36. The van der Waals surface area contributed by atoms with E-state index in [4.69, 9.17) is 4.74 Å². The maximum absolute atomic E-state index is 13.1. The van der Waals surface area contributed by atoms with Gasteiger partial charge in [0.1, 0.15) is 5.69 Å². The summed E-state index contributed by atoms with van der Waals surface area (Å²) in [5.74, 6) is -0.342. The Kier molecular flexibility index (Phi) is 7.42. The number of aromatic nitrogens is 1. The van der Waals surface area contributed by atoms with Gasteiger partial charge in [-0.2, -0.15) is 0 Å². The first-order valence-corrected chi connectivity index (χ1v) is 13.6. The largest absolute Gasteiger partial charge is 0.378 e. The number of morpholine rings is 1. The molecule has 1 aromatic heterocycles. The fraction of sp³-hybridized carbons (Fsp3) is 0.259. The Balaban J connectivity index is 1.45. The molecule has 0 radical (unpaired) electrons. The number of anilines is 1. The zero-order valence-electron chi connectivity index (χ0n) is 20.8. The van der Waals surface area contributed by atoms with Crippen molar-refractivity contribution in [3.8, 4) is 5.69 Å². The fourth-order valence-corrected chi connectivity index (χ4v) is 6.01. The second-order valence-corrected chi connectivity index (χ2v) is 10.9. The van der Waals surface area contributed by atoms with Crippen LogP contribution in [-0.4, -0.2) is 51.8 Å². The number of nitro groups is 1. The van der Waals surface area contributed by atoms with E-state index in [2.05, 4.69) is 15.9 Å². The molecular weight excluding hydrogens is 572 g/mol. The quantitative estimate of drug-likeness (QED) is 0.200.